The van der Waals surface area contributed by atoms with Crippen LogP contribution in [-0.2, 0) is 6.42 Å². The summed E-state index contributed by atoms with van der Waals surface area (Å²) >= 11 is 0. The van der Waals surface area contributed by atoms with Crippen molar-refractivity contribution in [1.29, 1.82) is 0 Å². The van der Waals surface area contributed by atoms with Crippen molar-refractivity contribution in [3.05, 3.63) is 18.0 Å². The number of hydrogen-bond acceptors (Lipinski definition) is 2. The second kappa shape index (κ2) is 3.97. The van der Waals surface area contributed by atoms with Gasteiger partial charge < -0.3 is 5.32 Å². The molecule has 1 unspecified atom stereocenters. The van der Waals surface area contributed by atoms with Crippen LogP contribution >= 0.6 is 0 Å². The van der Waals surface area contributed by atoms with E-state index in [0.717, 1.165) is 13.0 Å². The Bertz CT molecular complexity index is 317. The minimum Gasteiger partial charge on any atom is -0.310 e. The zero-order chi connectivity index (χ0) is 10.9. The predicted octanol–water partition coefficient (Wildman–Crippen LogP) is 2.15. The van der Waals surface area contributed by atoms with Crippen LogP contribution in [0.3, 0.4) is 0 Å². The lowest BCUT2D eigenvalue weighted by atomic mass is 9.91. The maximum Gasteiger partial charge on any atom is 0.0644 e. The summed E-state index contributed by atoms with van der Waals surface area (Å²) in [5, 5.41) is 8.01. The summed E-state index contributed by atoms with van der Waals surface area (Å²) in [5.41, 5.74) is 1.64. The molecule has 15 heavy (non-hydrogen) atoms. The van der Waals surface area contributed by atoms with Crippen molar-refractivity contribution in [2.45, 2.75) is 51.6 Å². The Labute approximate surface area is 91.9 Å². The molecule has 1 N–H and O–H groups in total. The Morgan fingerprint density at radius 2 is 2.40 bits per heavy atom. The van der Waals surface area contributed by atoms with Crippen LogP contribution < -0.4 is 5.32 Å². The molecule has 3 nitrogen and oxygen atoms in total. The van der Waals surface area contributed by atoms with Gasteiger partial charge in [-0.3, -0.25) is 4.68 Å². The number of aromatic nitrogens is 2. The maximum atomic E-state index is 4.44. The quantitative estimate of drug-likeness (QED) is 0.805. The third-order valence-corrected chi connectivity index (χ3v) is 3.36. The minimum absolute atomic E-state index is 0.303. The smallest absolute Gasteiger partial charge is 0.0644 e. The lowest BCUT2D eigenvalue weighted by Gasteiger charge is -2.35. The molecule has 2 heterocycles. The van der Waals surface area contributed by atoms with Crippen LogP contribution in [0.2, 0.25) is 0 Å². The number of rotatable bonds is 2. The molecule has 1 atom stereocenters. The molecule has 0 amide bonds. The Hall–Kier alpha value is -0.830. The van der Waals surface area contributed by atoms with Gasteiger partial charge in [-0.1, -0.05) is 6.92 Å². The van der Waals surface area contributed by atoms with E-state index in [1.807, 2.05) is 6.20 Å². The molecule has 1 fully saturated rings. The third kappa shape index (κ3) is 2.40. The largest absolute Gasteiger partial charge is 0.310 e. The normalized spacial score (nSPS) is 25.4. The van der Waals surface area contributed by atoms with Gasteiger partial charge in [0.1, 0.15) is 0 Å². The van der Waals surface area contributed by atoms with E-state index in [-0.39, 0.29) is 0 Å². The van der Waals surface area contributed by atoms with Crippen LogP contribution in [0, 0.1) is 0 Å². The van der Waals surface area contributed by atoms with E-state index in [0.29, 0.717) is 11.6 Å². The molecule has 1 aliphatic heterocycles. The van der Waals surface area contributed by atoms with Gasteiger partial charge in [0.05, 0.1) is 12.2 Å². The first kappa shape index (κ1) is 10.7. The lowest BCUT2D eigenvalue weighted by molar-refractivity contribution is 0.232. The zero-order valence-electron chi connectivity index (χ0n) is 9.95. The van der Waals surface area contributed by atoms with E-state index in [2.05, 4.69) is 42.1 Å². The van der Waals surface area contributed by atoms with Gasteiger partial charge in [-0.2, -0.15) is 5.10 Å². The van der Waals surface area contributed by atoms with E-state index in [1.165, 1.54) is 18.4 Å². The summed E-state index contributed by atoms with van der Waals surface area (Å²) < 4.78 is 2.13. The van der Waals surface area contributed by atoms with E-state index in [1.54, 1.807) is 0 Å². The number of aryl methyl sites for hydroxylation is 1. The van der Waals surface area contributed by atoms with Gasteiger partial charge in [-0.25, -0.2) is 0 Å². The highest BCUT2D eigenvalue weighted by Crippen LogP contribution is 2.25. The average molecular weight is 207 g/mol. The van der Waals surface area contributed by atoms with Crippen molar-refractivity contribution in [3.63, 3.8) is 0 Å². The minimum atomic E-state index is 0.303. The van der Waals surface area contributed by atoms with Crippen molar-refractivity contribution >= 4 is 0 Å². The SMILES string of the molecule is CCc1cnn(C2CCC(C)(C)NC2)c1. The summed E-state index contributed by atoms with van der Waals surface area (Å²) in [6.45, 7) is 7.75. The van der Waals surface area contributed by atoms with Crippen molar-refractivity contribution in [2.75, 3.05) is 6.54 Å². The van der Waals surface area contributed by atoms with E-state index >= 15 is 0 Å². The zero-order valence-corrected chi connectivity index (χ0v) is 9.95. The second-order valence-corrected chi connectivity index (χ2v) is 5.14. The highest BCUT2D eigenvalue weighted by molar-refractivity contribution is 5.04. The molecule has 1 aromatic rings. The number of nitrogens with one attached hydrogen (secondary N) is 1. The molecule has 3 heteroatoms. The molecule has 0 saturated carbocycles. The standard InChI is InChI=1S/C12H21N3/c1-4-10-7-14-15(9-10)11-5-6-12(2,3)13-8-11/h7,9,11,13H,4-6,8H2,1-3H3. The summed E-state index contributed by atoms with van der Waals surface area (Å²) in [5.74, 6) is 0. The van der Waals surface area contributed by atoms with E-state index in [4.69, 9.17) is 0 Å². The fourth-order valence-electron chi connectivity index (χ4n) is 2.10. The Morgan fingerprint density at radius 1 is 1.60 bits per heavy atom. The highest BCUT2D eigenvalue weighted by Gasteiger charge is 2.27. The molecular weight excluding hydrogens is 186 g/mol. The van der Waals surface area contributed by atoms with Gasteiger partial charge in [0.15, 0.2) is 0 Å². The van der Waals surface area contributed by atoms with E-state index in [9.17, 15) is 0 Å². The predicted molar refractivity (Wildman–Crippen MR) is 62.0 cm³/mol. The number of nitrogens with zero attached hydrogens (tertiary/aromatic N) is 2. The molecular formula is C12H21N3. The van der Waals surface area contributed by atoms with Crippen LogP contribution in [0.25, 0.3) is 0 Å². The van der Waals surface area contributed by atoms with Gasteiger partial charge in [0.25, 0.3) is 0 Å². The maximum absolute atomic E-state index is 4.44. The molecule has 2 rings (SSSR count). The van der Waals surface area contributed by atoms with Crippen LogP contribution in [0.1, 0.15) is 45.2 Å². The summed E-state index contributed by atoms with van der Waals surface area (Å²) in [6, 6.07) is 0.540. The lowest BCUT2D eigenvalue weighted by Crippen LogP contribution is -2.47. The molecule has 84 valence electrons. The molecule has 0 spiro atoms. The monoisotopic (exact) mass is 207 g/mol. The molecule has 0 aliphatic carbocycles. The Morgan fingerprint density at radius 3 is 2.93 bits per heavy atom. The van der Waals surface area contributed by atoms with Crippen molar-refractivity contribution in [1.82, 2.24) is 15.1 Å². The Kier molecular flexibility index (Phi) is 2.83. The van der Waals surface area contributed by atoms with Gasteiger partial charge in [-0.15, -0.1) is 0 Å². The summed E-state index contributed by atoms with van der Waals surface area (Å²) in [4.78, 5) is 0. The summed E-state index contributed by atoms with van der Waals surface area (Å²) in [6.07, 6.45) is 7.69. The average Bonchev–Trinajstić information content (AvgIpc) is 2.66. The van der Waals surface area contributed by atoms with Crippen molar-refractivity contribution in [3.8, 4) is 0 Å². The van der Waals surface area contributed by atoms with E-state index < -0.39 is 0 Å². The molecule has 0 radical (unpaired) electrons. The fourth-order valence-corrected chi connectivity index (χ4v) is 2.10. The third-order valence-electron chi connectivity index (χ3n) is 3.36. The van der Waals surface area contributed by atoms with Crippen molar-refractivity contribution < 1.29 is 0 Å². The van der Waals surface area contributed by atoms with Crippen LogP contribution in [-0.4, -0.2) is 21.9 Å². The molecule has 1 aliphatic rings. The van der Waals surface area contributed by atoms with Gasteiger partial charge >= 0.3 is 0 Å². The van der Waals surface area contributed by atoms with Crippen LogP contribution in [0.15, 0.2) is 12.4 Å². The second-order valence-electron chi connectivity index (χ2n) is 5.14. The number of piperidine rings is 1. The van der Waals surface area contributed by atoms with Gasteiger partial charge in [0.2, 0.25) is 0 Å². The summed E-state index contributed by atoms with van der Waals surface area (Å²) in [7, 11) is 0. The van der Waals surface area contributed by atoms with Crippen LogP contribution in [0.4, 0.5) is 0 Å². The molecule has 1 saturated heterocycles. The topological polar surface area (TPSA) is 29.9 Å². The Balaban J connectivity index is 2.01. The molecule has 0 aromatic carbocycles. The highest BCUT2D eigenvalue weighted by atomic mass is 15.3. The first-order valence-corrected chi connectivity index (χ1v) is 5.89. The van der Waals surface area contributed by atoms with Crippen LogP contribution in [0.5, 0.6) is 0 Å². The molecule has 0 bridgehead atoms. The first-order valence-electron chi connectivity index (χ1n) is 5.89. The van der Waals surface area contributed by atoms with Gasteiger partial charge in [-0.05, 0) is 38.7 Å². The first-order chi connectivity index (χ1) is 7.11. The number of hydrogen-bond donors (Lipinski definition) is 1. The van der Waals surface area contributed by atoms with Crippen molar-refractivity contribution in [2.24, 2.45) is 0 Å². The molecule has 1 aromatic heterocycles. The fraction of sp³-hybridized carbons (Fsp3) is 0.750. The van der Waals surface area contributed by atoms with Gasteiger partial charge in [0, 0.05) is 18.3 Å².